The number of methoxy groups -OCH3 is 1. The Hall–Kier alpha value is -3.38. The first-order valence-corrected chi connectivity index (χ1v) is 12.0. The van der Waals surface area contributed by atoms with Crippen LogP contribution < -0.4 is 10.1 Å². The summed E-state index contributed by atoms with van der Waals surface area (Å²) in [7, 11) is 1.55. The highest BCUT2D eigenvalue weighted by molar-refractivity contribution is 5.98. The third-order valence-electron chi connectivity index (χ3n) is 6.57. The SMILES string of the molecule is COc1nc(N[C@H]2CC[C@@H](OCCO)CC2)nc2[nH]cc(-c3cnc4nc(C)n(CC(F)F)c4c3)c12. The van der Waals surface area contributed by atoms with Crippen molar-refractivity contribution in [3.8, 4) is 17.0 Å². The number of aliphatic hydroxyl groups excluding tert-OH is 1. The number of anilines is 1. The molecule has 4 aromatic heterocycles. The first-order valence-electron chi connectivity index (χ1n) is 12.0. The molecule has 1 aliphatic carbocycles. The number of H-pyrrole nitrogens is 1. The molecule has 5 rings (SSSR count). The van der Waals surface area contributed by atoms with E-state index in [1.807, 2.05) is 0 Å². The Labute approximate surface area is 206 Å². The van der Waals surface area contributed by atoms with Crippen molar-refractivity contribution in [3.05, 3.63) is 24.3 Å². The number of nitrogens with one attached hydrogen (secondary N) is 2. The second kappa shape index (κ2) is 10.3. The van der Waals surface area contributed by atoms with Crippen LogP contribution in [0.3, 0.4) is 0 Å². The average molecular weight is 502 g/mol. The standard InChI is InChI=1S/C24H29F2N7O3/c1-13-29-21-18(33(13)12-19(25)26)9-14(10-27-21)17-11-28-22-20(17)23(35-2)32-24(31-22)30-15-3-5-16(6-4-15)36-8-7-34/h9-11,15-16,19,34H,3-8,12H2,1-2H3,(H2,28,30,31,32)/t15-,16+. The predicted molar refractivity (Wildman–Crippen MR) is 130 cm³/mol. The van der Waals surface area contributed by atoms with Crippen LogP contribution in [0.4, 0.5) is 14.7 Å². The van der Waals surface area contributed by atoms with E-state index in [-0.39, 0.29) is 18.8 Å². The van der Waals surface area contributed by atoms with Gasteiger partial charge in [-0.1, -0.05) is 0 Å². The van der Waals surface area contributed by atoms with Gasteiger partial charge in [0, 0.05) is 29.6 Å². The van der Waals surface area contributed by atoms with Gasteiger partial charge < -0.3 is 29.4 Å². The van der Waals surface area contributed by atoms with E-state index in [0.29, 0.717) is 52.0 Å². The van der Waals surface area contributed by atoms with Gasteiger partial charge in [0.2, 0.25) is 11.8 Å². The van der Waals surface area contributed by atoms with Gasteiger partial charge in [-0.25, -0.2) is 18.7 Å². The van der Waals surface area contributed by atoms with Crippen LogP contribution in [0, 0.1) is 6.92 Å². The fourth-order valence-corrected chi connectivity index (χ4v) is 4.85. The topological polar surface area (TPSA) is 123 Å². The van der Waals surface area contributed by atoms with Crippen LogP contribution in [0.25, 0.3) is 33.3 Å². The summed E-state index contributed by atoms with van der Waals surface area (Å²) in [6, 6.07) is 2.01. The minimum atomic E-state index is -2.50. The number of aromatic amines is 1. The van der Waals surface area contributed by atoms with Crippen molar-refractivity contribution in [2.45, 2.75) is 57.7 Å². The van der Waals surface area contributed by atoms with Crippen LogP contribution in [0.15, 0.2) is 18.5 Å². The molecule has 0 aliphatic heterocycles. The van der Waals surface area contributed by atoms with Crippen molar-refractivity contribution in [2.75, 3.05) is 25.6 Å². The van der Waals surface area contributed by atoms with Crippen molar-refractivity contribution in [1.29, 1.82) is 0 Å². The van der Waals surface area contributed by atoms with Crippen LogP contribution in [0.2, 0.25) is 0 Å². The van der Waals surface area contributed by atoms with Gasteiger partial charge in [-0.3, -0.25) is 0 Å². The van der Waals surface area contributed by atoms with Gasteiger partial charge in [0.25, 0.3) is 6.43 Å². The van der Waals surface area contributed by atoms with E-state index in [2.05, 4.69) is 30.2 Å². The molecule has 0 aromatic carbocycles. The monoisotopic (exact) mass is 501 g/mol. The molecular formula is C24H29F2N7O3. The van der Waals surface area contributed by atoms with Gasteiger partial charge >= 0.3 is 0 Å². The van der Waals surface area contributed by atoms with Gasteiger partial charge in [-0.15, -0.1) is 0 Å². The molecule has 1 saturated carbocycles. The highest BCUT2D eigenvalue weighted by Crippen LogP contribution is 2.35. The third kappa shape index (κ3) is 4.82. The van der Waals surface area contributed by atoms with Crippen molar-refractivity contribution >= 4 is 28.1 Å². The highest BCUT2D eigenvalue weighted by Gasteiger charge is 2.24. The summed E-state index contributed by atoms with van der Waals surface area (Å²) < 4.78 is 39.0. The Kier molecular flexibility index (Phi) is 6.97. The zero-order valence-corrected chi connectivity index (χ0v) is 20.2. The molecule has 12 heteroatoms. The molecule has 192 valence electrons. The lowest BCUT2D eigenvalue weighted by molar-refractivity contribution is 0.00719. The number of nitrogens with zero attached hydrogens (tertiary/aromatic N) is 5. The van der Waals surface area contributed by atoms with E-state index in [9.17, 15) is 8.78 Å². The lowest BCUT2D eigenvalue weighted by atomic mass is 9.93. The molecular weight excluding hydrogens is 472 g/mol. The molecule has 0 radical (unpaired) electrons. The third-order valence-corrected chi connectivity index (χ3v) is 6.57. The first kappa shape index (κ1) is 24.3. The molecule has 10 nitrogen and oxygen atoms in total. The van der Waals surface area contributed by atoms with E-state index in [1.165, 1.54) is 4.57 Å². The fraction of sp³-hybridized carbons (Fsp3) is 0.500. The van der Waals surface area contributed by atoms with Crippen LogP contribution in [-0.4, -0.2) is 73.5 Å². The maximum absolute atomic E-state index is 13.1. The molecule has 3 N–H and O–H groups in total. The zero-order valence-electron chi connectivity index (χ0n) is 20.2. The Morgan fingerprint density at radius 1 is 1.22 bits per heavy atom. The van der Waals surface area contributed by atoms with Gasteiger partial charge in [-0.05, 0) is 38.7 Å². The van der Waals surface area contributed by atoms with Gasteiger partial charge in [0.1, 0.15) is 11.5 Å². The molecule has 4 heterocycles. The lowest BCUT2D eigenvalue weighted by Gasteiger charge is -2.29. The minimum Gasteiger partial charge on any atom is -0.480 e. The van der Waals surface area contributed by atoms with E-state index in [1.54, 1.807) is 32.5 Å². The van der Waals surface area contributed by atoms with Crippen LogP contribution in [-0.2, 0) is 11.3 Å². The smallest absolute Gasteiger partial charge is 0.256 e. The molecule has 1 aliphatic rings. The molecule has 0 saturated heterocycles. The van der Waals surface area contributed by atoms with E-state index >= 15 is 0 Å². The van der Waals surface area contributed by atoms with Crippen LogP contribution in [0.1, 0.15) is 31.5 Å². The Balaban J connectivity index is 1.42. The molecule has 4 aromatic rings. The van der Waals surface area contributed by atoms with Gasteiger partial charge in [0.15, 0.2) is 5.65 Å². The summed E-state index contributed by atoms with van der Waals surface area (Å²) in [6.45, 7) is 1.64. The normalized spacial score (nSPS) is 18.4. The molecule has 0 amide bonds. The summed E-state index contributed by atoms with van der Waals surface area (Å²) in [4.78, 5) is 21.1. The lowest BCUT2D eigenvalue weighted by Crippen LogP contribution is -2.30. The number of fused-ring (bicyclic) bond motifs is 2. The van der Waals surface area contributed by atoms with Crippen LogP contribution in [0.5, 0.6) is 5.88 Å². The fourth-order valence-electron chi connectivity index (χ4n) is 4.85. The molecule has 0 unspecified atom stereocenters. The number of aliphatic hydroxyl groups is 1. The van der Waals surface area contributed by atoms with E-state index in [0.717, 1.165) is 31.2 Å². The number of ether oxygens (including phenoxy) is 2. The Morgan fingerprint density at radius 3 is 2.75 bits per heavy atom. The average Bonchev–Trinajstić information content (AvgIpc) is 3.43. The predicted octanol–water partition coefficient (Wildman–Crippen LogP) is 3.68. The highest BCUT2D eigenvalue weighted by atomic mass is 19.3. The summed E-state index contributed by atoms with van der Waals surface area (Å²) >= 11 is 0. The number of aromatic nitrogens is 6. The quantitative estimate of drug-likeness (QED) is 0.317. The van der Waals surface area contributed by atoms with Crippen molar-refractivity contribution < 1.29 is 23.4 Å². The molecule has 1 fully saturated rings. The maximum atomic E-state index is 13.1. The largest absolute Gasteiger partial charge is 0.480 e. The Bertz CT molecular complexity index is 1350. The summed E-state index contributed by atoms with van der Waals surface area (Å²) in [5, 5.41) is 13.0. The number of rotatable bonds is 9. The first-order chi connectivity index (χ1) is 17.5. The second-order valence-corrected chi connectivity index (χ2v) is 8.92. The minimum absolute atomic E-state index is 0.0346. The van der Waals surface area contributed by atoms with E-state index < -0.39 is 13.0 Å². The van der Waals surface area contributed by atoms with Crippen molar-refractivity contribution in [1.82, 2.24) is 29.5 Å². The second-order valence-electron chi connectivity index (χ2n) is 8.92. The zero-order chi connectivity index (χ0) is 25.2. The van der Waals surface area contributed by atoms with Gasteiger partial charge in [0.05, 0.1) is 43.9 Å². The summed E-state index contributed by atoms with van der Waals surface area (Å²) in [5.74, 6) is 1.35. The molecule has 0 bridgehead atoms. The number of hydrogen-bond acceptors (Lipinski definition) is 8. The maximum Gasteiger partial charge on any atom is 0.256 e. The number of pyridine rings is 1. The number of alkyl halides is 2. The molecule has 0 atom stereocenters. The van der Waals surface area contributed by atoms with E-state index in [4.69, 9.17) is 14.6 Å². The molecule has 0 spiro atoms. The number of hydrogen-bond donors (Lipinski definition) is 3. The summed E-state index contributed by atoms with van der Waals surface area (Å²) in [5.41, 5.74) is 3.02. The number of halogens is 2. The Morgan fingerprint density at radius 2 is 2.03 bits per heavy atom. The summed E-state index contributed by atoms with van der Waals surface area (Å²) in [6.07, 6.45) is 4.75. The van der Waals surface area contributed by atoms with Crippen molar-refractivity contribution in [3.63, 3.8) is 0 Å². The number of aryl methyl sites for hydroxylation is 1. The van der Waals surface area contributed by atoms with Gasteiger partial charge in [-0.2, -0.15) is 9.97 Å². The number of imidazole rings is 1. The van der Waals surface area contributed by atoms with Crippen molar-refractivity contribution in [2.24, 2.45) is 0 Å². The van der Waals surface area contributed by atoms with Crippen LogP contribution >= 0.6 is 0 Å². The molecule has 36 heavy (non-hydrogen) atoms.